The normalized spacial score (nSPS) is 36.0. The van der Waals surface area contributed by atoms with Crippen molar-refractivity contribution < 1.29 is 9.53 Å². The van der Waals surface area contributed by atoms with Crippen LogP contribution in [0.1, 0.15) is 67.6 Å². The second-order valence-corrected chi connectivity index (χ2v) is 10.8. The van der Waals surface area contributed by atoms with Gasteiger partial charge < -0.3 is 4.74 Å². The molecule has 2 aromatic rings. The molecule has 2 aromatic carbocycles. The van der Waals surface area contributed by atoms with Gasteiger partial charge in [0.15, 0.2) is 0 Å². The van der Waals surface area contributed by atoms with E-state index in [2.05, 4.69) is 49.4 Å². The molecule has 0 radical (unpaired) electrons. The summed E-state index contributed by atoms with van der Waals surface area (Å²) in [4.78, 5) is 11.8. The van der Waals surface area contributed by atoms with E-state index in [1.165, 1.54) is 67.9 Å². The van der Waals surface area contributed by atoms with Gasteiger partial charge in [0.05, 0.1) is 13.0 Å². The van der Waals surface area contributed by atoms with Crippen LogP contribution in [-0.4, -0.2) is 13.1 Å². The summed E-state index contributed by atoms with van der Waals surface area (Å²) in [6.45, 7) is 2.32. The molecule has 2 nitrogen and oxygen atoms in total. The molecule has 2 heteroatoms. The highest BCUT2D eigenvalue weighted by molar-refractivity contribution is 5.77. The minimum absolute atomic E-state index is 0.0583. The van der Waals surface area contributed by atoms with Gasteiger partial charge in [-0.1, -0.05) is 42.5 Å². The first-order valence-electron chi connectivity index (χ1n) is 11.8. The van der Waals surface area contributed by atoms with Gasteiger partial charge in [-0.3, -0.25) is 4.79 Å². The number of aryl methyl sites for hydroxylation is 1. The SMILES string of the molecule is COC(=O)C1CC1c1ccc(-c2ccc(C)c(C34CC5CC(CC(C5)C3)C4)c2)cc1. The standard InChI is InChI=1S/C28H32O2/c1-17-3-4-23(21-5-7-22(8-6-21)24-13-25(24)27(29)30-2)12-26(17)28-14-18-9-19(15-28)11-20(10-18)16-28/h3-8,12,18-20,24-25H,9-11,13-16H2,1-2H3. The van der Waals surface area contributed by atoms with Gasteiger partial charge in [0.1, 0.15) is 0 Å². The van der Waals surface area contributed by atoms with Crippen LogP contribution in [0.25, 0.3) is 11.1 Å². The van der Waals surface area contributed by atoms with Gasteiger partial charge in [-0.2, -0.15) is 0 Å². The van der Waals surface area contributed by atoms with Crippen LogP contribution in [0.15, 0.2) is 42.5 Å². The third-order valence-corrected chi connectivity index (χ3v) is 8.81. The van der Waals surface area contributed by atoms with Crippen LogP contribution in [-0.2, 0) is 14.9 Å². The summed E-state index contributed by atoms with van der Waals surface area (Å²) in [5.74, 6) is 3.25. The van der Waals surface area contributed by atoms with Crippen LogP contribution in [0.4, 0.5) is 0 Å². The molecule has 5 fully saturated rings. The monoisotopic (exact) mass is 400 g/mol. The first kappa shape index (κ1) is 18.7. The lowest BCUT2D eigenvalue weighted by molar-refractivity contribution is -0.142. The van der Waals surface area contributed by atoms with Gasteiger partial charge in [-0.05, 0) is 109 Å². The zero-order valence-corrected chi connectivity index (χ0v) is 18.2. The van der Waals surface area contributed by atoms with Gasteiger partial charge in [0.2, 0.25) is 0 Å². The summed E-state index contributed by atoms with van der Waals surface area (Å²) in [5, 5.41) is 0. The number of methoxy groups -OCH3 is 1. The van der Waals surface area contributed by atoms with Crippen molar-refractivity contribution in [3.8, 4) is 11.1 Å². The molecule has 0 aliphatic heterocycles. The van der Waals surface area contributed by atoms with Gasteiger partial charge >= 0.3 is 5.97 Å². The summed E-state index contributed by atoms with van der Waals surface area (Å²) < 4.78 is 4.90. The number of ether oxygens (including phenoxy) is 1. The Kier molecular flexibility index (Phi) is 4.17. The minimum atomic E-state index is -0.0668. The van der Waals surface area contributed by atoms with Crippen LogP contribution in [0.2, 0.25) is 0 Å². The Balaban J connectivity index is 1.29. The Bertz CT molecular complexity index is 951. The number of esters is 1. The lowest BCUT2D eigenvalue weighted by Crippen LogP contribution is -2.48. The second kappa shape index (κ2) is 6.70. The lowest BCUT2D eigenvalue weighted by Gasteiger charge is -2.57. The van der Waals surface area contributed by atoms with Gasteiger partial charge in [0, 0.05) is 0 Å². The largest absolute Gasteiger partial charge is 0.469 e. The van der Waals surface area contributed by atoms with E-state index in [0.29, 0.717) is 11.3 Å². The molecule has 156 valence electrons. The average Bonchev–Trinajstić information content (AvgIpc) is 3.54. The summed E-state index contributed by atoms with van der Waals surface area (Å²) in [6, 6.07) is 16.1. The van der Waals surface area contributed by atoms with Crippen molar-refractivity contribution in [2.24, 2.45) is 23.7 Å². The Hall–Kier alpha value is -2.09. The Labute approximate surface area is 180 Å². The molecule has 5 aliphatic rings. The number of benzene rings is 2. The molecule has 0 aromatic heterocycles. The lowest BCUT2D eigenvalue weighted by atomic mass is 9.47. The third-order valence-electron chi connectivity index (χ3n) is 8.81. The summed E-state index contributed by atoms with van der Waals surface area (Å²) in [6.07, 6.45) is 9.65. The van der Waals surface area contributed by atoms with Crippen molar-refractivity contribution in [3.05, 3.63) is 59.2 Å². The predicted molar refractivity (Wildman–Crippen MR) is 119 cm³/mol. The van der Waals surface area contributed by atoms with Gasteiger partial charge in [0.25, 0.3) is 0 Å². The van der Waals surface area contributed by atoms with Crippen LogP contribution in [0, 0.1) is 30.6 Å². The fourth-order valence-corrected chi connectivity index (χ4v) is 7.71. The second-order valence-electron chi connectivity index (χ2n) is 10.8. The Morgan fingerprint density at radius 3 is 2.07 bits per heavy atom. The molecule has 0 spiro atoms. The molecule has 2 unspecified atom stereocenters. The molecule has 5 aliphatic carbocycles. The molecule has 5 saturated carbocycles. The van der Waals surface area contributed by atoms with Crippen LogP contribution < -0.4 is 0 Å². The van der Waals surface area contributed by atoms with E-state index < -0.39 is 0 Å². The number of carbonyl (C=O) groups excluding carboxylic acids is 1. The van der Waals surface area contributed by atoms with Crippen molar-refractivity contribution in [1.29, 1.82) is 0 Å². The quantitative estimate of drug-likeness (QED) is 0.555. The van der Waals surface area contributed by atoms with E-state index in [4.69, 9.17) is 4.74 Å². The minimum Gasteiger partial charge on any atom is -0.469 e. The smallest absolute Gasteiger partial charge is 0.309 e. The molecule has 0 saturated heterocycles. The van der Waals surface area contributed by atoms with Gasteiger partial charge in [-0.15, -0.1) is 0 Å². The van der Waals surface area contributed by atoms with E-state index in [9.17, 15) is 4.79 Å². The van der Waals surface area contributed by atoms with Crippen molar-refractivity contribution >= 4 is 5.97 Å². The maximum atomic E-state index is 11.8. The van der Waals surface area contributed by atoms with E-state index in [0.717, 1.165) is 24.2 Å². The van der Waals surface area contributed by atoms with Gasteiger partial charge in [-0.25, -0.2) is 0 Å². The molecular weight excluding hydrogens is 368 g/mol. The first-order valence-corrected chi connectivity index (χ1v) is 11.8. The van der Waals surface area contributed by atoms with E-state index >= 15 is 0 Å². The fraction of sp³-hybridized carbons (Fsp3) is 0.536. The number of hydrogen-bond donors (Lipinski definition) is 0. The molecule has 0 N–H and O–H groups in total. The van der Waals surface area contributed by atoms with E-state index in [1.54, 1.807) is 5.56 Å². The summed E-state index contributed by atoms with van der Waals surface area (Å²) in [5.41, 5.74) is 7.46. The highest BCUT2D eigenvalue weighted by Gasteiger charge is 2.52. The predicted octanol–water partition coefficient (Wildman–Crippen LogP) is 6.41. The zero-order chi connectivity index (χ0) is 20.5. The molecule has 0 heterocycles. The molecule has 7 rings (SSSR count). The highest BCUT2D eigenvalue weighted by atomic mass is 16.5. The van der Waals surface area contributed by atoms with Crippen LogP contribution in [0.3, 0.4) is 0 Å². The molecule has 2 atom stereocenters. The van der Waals surface area contributed by atoms with E-state index in [1.807, 2.05) is 0 Å². The fourth-order valence-electron chi connectivity index (χ4n) is 7.71. The maximum absolute atomic E-state index is 11.8. The maximum Gasteiger partial charge on any atom is 0.309 e. The molecule has 30 heavy (non-hydrogen) atoms. The Morgan fingerprint density at radius 2 is 1.47 bits per heavy atom. The molecule has 0 amide bonds. The van der Waals surface area contributed by atoms with Crippen molar-refractivity contribution in [2.75, 3.05) is 7.11 Å². The zero-order valence-electron chi connectivity index (χ0n) is 18.2. The number of hydrogen-bond acceptors (Lipinski definition) is 2. The number of carbonyl (C=O) groups is 1. The van der Waals surface area contributed by atoms with E-state index in [-0.39, 0.29) is 11.9 Å². The third kappa shape index (κ3) is 2.94. The molecule has 4 bridgehead atoms. The van der Waals surface area contributed by atoms with Crippen molar-refractivity contribution in [2.45, 2.75) is 63.2 Å². The number of rotatable bonds is 4. The molecular formula is C28H32O2. The van der Waals surface area contributed by atoms with Crippen LogP contribution >= 0.6 is 0 Å². The summed E-state index contributed by atoms with van der Waals surface area (Å²) in [7, 11) is 1.49. The Morgan fingerprint density at radius 1 is 0.867 bits per heavy atom. The van der Waals surface area contributed by atoms with Crippen molar-refractivity contribution in [3.63, 3.8) is 0 Å². The first-order chi connectivity index (χ1) is 14.5. The average molecular weight is 401 g/mol. The van der Waals surface area contributed by atoms with Crippen molar-refractivity contribution in [1.82, 2.24) is 0 Å². The van der Waals surface area contributed by atoms with Crippen LogP contribution in [0.5, 0.6) is 0 Å². The topological polar surface area (TPSA) is 26.3 Å². The summed E-state index contributed by atoms with van der Waals surface area (Å²) >= 11 is 0. The highest BCUT2D eigenvalue weighted by Crippen LogP contribution is 2.61.